The molecule has 4 heteroatoms. The lowest BCUT2D eigenvalue weighted by Crippen LogP contribution is -2.05. The highest BCUT2D eigenvalue weighted by Gasteiger charge is 1.99. The van der Waals surface area contributed by atoms with Crippen LogP contribution in [0, 0.1) is 0 Å². The standard InChI is InChI=1S/C11H15Cl2NO/c1-2-15-7-3-6-14-11-8-9(12)4-5-10(11)13/h4-5,8,14H,2-3,6-7H2,1H3. The average molecular weight is 248 g/mol. The van der Waals surface area contributed by atoms with Gasteiger partial charge in [0.15, 0.2) is 0 Å². The zero-order chi connectivity index (χ0) is 11.1. The molecule has 0 unspecified atom stereocenters. The second-order valence-electron chi connectivity index (χ2n) is 3.10. The maximum atomic E-state index is 5.98. The maximum Gasteiger partial charge on any atom is 0.0638 e. The number of rotatable bonds is 6. The van der Waals surface area contributed by atoms with Gasteiger partial charge in [0, 0.05) is 24.8 Å². The monoisotopic (exact) mass is 247 g/mol. The molecule has 0 fully saturated rings. The lowest BCUT2D eigenvalue weighted by molar-refractivity contribution is 0.147. The van der Waals surface area contributed by atoms with E-state index in [1.807, 2.05) is 13.0 Å². The summed E-state index contributed by atoms with van der Waals surface area (Å²) in [5.41, 5.74) is 0.876. The summed E-state index contributed by atoms with van der Waals surface area (Å²) in [5, 5.41) is 4.59. The fourth-order valence-corrected chi connectivity index (χ4v) is 1.53. The molecule has 0 amide bonds. The summed E-state index contributed by atoms with van der Waals surface area (Å²) in [7, 11) is 0. The highest BCUT2D eigenvalue weighted by molar-refractivity contribution is 6.35. The lowest BCUT2D eigenvalue weighted by atomic mass is 10.3. The number of ether oxygens (including phenoxy) is 1. The van der Waals surface area contributed by atoms with E-state index in [9.17, 15) is 0 Å². The smallest absolute Gasteiger partial charge is 0.0638 e. The first-order chi connectivity index (χ1) is 7.24. The van der Waals surface area contributed by atoms with Crippen LogP contribution in [0.4, 0.5) is 5.69 Å². The van der Waals surface area contributed by atoms with E-state index in [0.29, 0.717) is 10.0 Å². The van der Waals surface area contributed by atoms with E-state index in [4.69, 9.17) is 27.9 Å². The van der Waals surface area contributed by atoms with Crippen molar-refractivity contribution in [2.24, 2.45) is 0 Å². The molecule has 1 aromatic carbocycles. The Hall–Kier alpha value is -0.440. The molecule has 0 aliphatic heterocycles. The van der Waals surface area contributed by atoms with Gasteiger partial charge in [0.1, 0.15) is 0 Å². The number of hydrogen-bond acceptors (Lipinski definition) is 2. The highest BCUT2D eigenvalue weighted by Crippen LogP contribution is 2.25. The lowest BCUT2D eigenvalue weighted by Gasteiger charge is -2.08. The summed E-state index contributed by atoms with van der Waals surface area (Å²) in [6.45, 7) is 4.35. The van der Waals surface area contributed by atoms with Crippen LogP contribution in [0.2, 0.25) is 10.0 Å². The Kier molecular flexibility index (Phi) is 5.84. The van der Waals surface area contributed by atoms with Gasteiger partial charge in [-0.3, -0.25) is 0 Å². The van der Waals surface area contributed by atoms with Crippen molar-refractivity contribution in [2.75, 3.05) is 25.1 Å². The molecule has 0 radical (unpaired) electrons. The van der Waals surface area contributed by atoms with E-state index < -0.39 is 0 Å². The van der Waals surface area contributed by atoms with Gasteiger partial charge in [-0.25, -0.2) is 0 Å². The van der Waals surface area contributed by atoms with Gasteiger partial charge >= 0.3 is 0 Å². The number of nitrogens with one attached hydrogen (secondary N) is 1. The summed E-state index contributed by atoms with van der Waals surface area (Å²) < 4.78 is 5.23. The van der Waals surface area contributed by atoms with E-state index in [2.05, 4.69) is 5.32 Å². The predicted molar refractivity (Wildman–Crippen MR) is 66.1 cm³/mol. The molecule has 0 saturated carbocycles. The second-order valence-corrected chi connectivity index (χ2v) is 3.95. The predicted octanol–water partition coefficient (Wildman–Crippen LogP) is 3.83. The zero-order valence-corrected chi connectivity index (χ0v) is 10.2. The van der Waals surface area contributed by atoms with Gasteiger partial charge in [0.2, 0.25) is 0 Å². The normalized spacial score (nSPS) is 10.3. The van der Waals surface area contributed by atoms with Crippen LogP contribution in [-0.2, 0) is 4.74 Å². The summed E-state index contributed by atoms with van der Waals surface area (Å²) >= 11 is 11.8. The average Bonchev–Trinajstić information content (AvgIpc) is 2.23. The third-order valence-corrected chi connectivity index (χ3v) is 2.48. The second kappa shape index (κ2) is 6.94. The van der Waals surface area contributed by atoms with Crippen LogP contribution in [0.15, 0.2) is 18.2 Å². The van der Waals surface area contributed by atoms with Crippen LogP contribution in [0.5, 0.6) is 0 Å². The Morgan fingerprint density at radius 3 is 2.87 bits per heavy atom. The van der Waals surface area contributed by atoms with E-state index in [1.165, 1.54) is 0 Å². The van der Waals surface area contributed by atoms with Crippen molar-refractivity contribution in [3.8, 4) is 0 Å². The minimum absolute atomic E-state index is 0.687. The molecule has 0 atom stereocenters. The van der Waals surface area contributed by atoms with Gasteiger partial charge in [0.25, 0.3) is 0 Å². The molecule has 0 aromatic heterocycles. The summed E-state index contributed by atoms with van der Waals surface area (Å²) in [6.07, 6.45) is 0.955. The Morgan fingerprint density at radius 1 is 1.33 bits per heavy atom. The van der Waals surface area contributed by atoms with Crippen LogP contribution in [-0.4, -0.2) is 19.8 Å². The quantitative estimate of drug-likeness (QED) is 0.772. The van der Waals surface area contributed by atoms with Crippen molar-refractivity contribution in [3.63, 3.8) is 0 Å². The molecule has 84 valence electrons. The molecular weight excluding hydrogens is 233 g/mol. The zero-order valence-electron chi connectivity index (χ0n) is 8.72. The third-order valence-electron chi connectivity index (χ3n) is 1.91. The molecule has 0 aliphatic rings. The van der Waals surface area contributed by atoms with Crippen molar-refractivity contribution in [3.05, 3.63) is 28.2 Å². The number of benzene rings is 1. The number of halogens is 2. The summed E-state index contributed by atoms with van der Waals surface area (Å²) in [4.78, 5) is 0. The Morgan fingerprint density at radius 2 is 2.13 bits per heavy atom. The Balaban J connectivity index is 2.33. The molecule has 0 heterocycles. The van der Waals surface area contributed by atoms with Gasteiger partial charge < -0.3 is 10.1 Å². The first kappa shape index (κ1) is 12.6. The van der Waals surface area contributed by atoms with Crippen LogP contribution < -0.4 is 5.32 Å². The minimum Gasteiger partial charge on any atom is -0.384 e. The number of anilines is 1. The van der Waals surface area contributed by atoms with Crippen LogP contribution in [0.25, 0.3) is 0 Å². The topological polar surface area (TPSA) is 21.3 Å². The molecule has 2 nitrogen and oxygen atoms in total. The van der Waals surface area contributed by atoms with E-state index >= 15 is 0 Å². The Bertz CT molecular complexity index is 305. The molecule has 1 aromatic rings. The van der Waals surface area contributed by atoms with Crippen molar-refractivity contribution in [2.45, 2.75) is 13.3 Å². The van der Waals surface area contributed by atoms with E-state index in [-0.39, 0.29) is 0 Å². The van der Waals surface area contributed by atoms with Gasteiger partial charge in [0.05, 0.1) is 10.7 Å². The van der Waals surface area contributed by atoms with Gasteiger partial charge in [-0.2, -0.15) is 0 Å². The van der Waals surface area contributed by atoms with Crippen LogP contribution in [0.3, 0.4) is 0 Å². The van der Waals surface area contributed by atoms with Crippen LogP contribution >= 0.6 is 23.2 Å². The van der Waals surface area contributed by atoms with Crippen LogP contribution in [0.1, 0.15) is 13.3 Å². The van der Waals surface area contributed by atoms with Crippen molar-refractivity contribution < 1.29 is 4.74 Å². The summed E-state index contributed by atoms with van der Waals surface area (Å²) in [6, 6.07) is 5.38. The SMILES string of the molecule is CCOCCCNc1cc(Cl)ccc1Cl. The molecule has 1 N–H and O–H groups in total. The Labute approximate surface area is 101 Å². The molecule has 1 rings (SSSR count). The first-order valence-corrected chi connectivity index (χ1v) is 5.76. The van der Waals surface area contributed by atoms with Crippen molar-refractivity contribution in [1.82, 2.24) is 0 Å². The molecule has 0 bridgehead atoms. The fourth-order valence-electron chi connectivity index (χ4n) is 1.17. The molecule has 15 heavy (non-hydrogen) atoms. The van der Waals surface area contributed by atoms with Gasteiger partial charge in [-0.05, 0) is 31.5 Å². The maximum absolute atomic E-state index is 5.98. The van der Waals surface area contributed by atoms with E-state index in [0.717, 1.165) is 31.9 Å². The molecule has 0 aliphatic carbocycles. The molecular formula is C11H15Cl2NO. The molecule has 0 spiro atoms. The largest absolute Gasteiger partial charge is 0.384 e. The van der Waals surface area contributed by atoms with Gasteiger partial charge in [-0.15, -0.1) is 0 Å². The van der Waals surface area contributed by atoms with E-state index in [1.54, 1.807) is 12.1 Å². The first-order valence-electron chi connectivity index (χ1n) is 5.00. The third kappa shape index (κ3) is 4.74. The highest BCUT2D eigenvalue weighted by atomic mass is 35.5. The summed E-state index contributed by atoms with van der Waals surface area (Å²) in [5.74, 6) is 0. The number of hydrogen-bond donors (Lipinski definition) is 1. The molecule has 0 saturated heterocycles. The van der Waals surface area contributed by atoms with Crippen molar-refractivity contribution >= 4 is 28.9 Å². The minimum atomic E-state index is 0.687. The fraction of sp³-hybridized carbons (Fsp3) is 0.455. The van der Waals surface area contributed by atoms with Gasteiger partial charge in [-0.1, -0.05) is 23.2 Å². The van der Waals surface area contributed by atoms with Crippen molar-refractivity contribution in [1.29, 1.82) is 0 Å².